The van der Waals surface area contributed by atoms with E-state index >= 15 is 0 Å². The Hall–Kier alpha value is -2.04. The number of rotatable bonds is 6. The largest absolute Gasteiger partial charge is 0.493 e. The molecule has 1 amide bonds. The molecule has 1 fully saturated rings. The molecule has 1 N–H and O–H groups in total. The van der Waals surface area contributed by atoms with Crippen molar-refractivity contribution >= 4 is 11.7 Å². The van der Waals surface area contributed by atoms with Crippen LogP contribution in [0.25, 0.3) is 0 Å². The summed E-state index contributed by atoms with van der Waals surface area (Å²) in [6.45, 7) is 5.86. The number of benzene rings is 1. The van der Waals surface area contributed by atoms with Crippen molar-refractivity contribution in [3.05, 3.63) is 23.8 Å². The standard InChI is InChI=1S/C19H27NO4/c1-12-6-5-7-16(13(12)2)20-19(22)11-24-17-9-8-15(14(3)21)10-18(17)23-4/h8-10,12-13,16H,5-7,11H2,1-4H3,(H,20,22). The van der Waals surface area contributed by atoms with Gasteiger partial charge in [-0.15, -0.1) is 0 Å². The minimum Gasteiger partial charge on any atom is -0.493 e. The van der Waals surface area contributed by atoms with Gasteiger partial charge < -0.3 is 14.8 Å². The lowest BCUT2D eigenvalue weighted by Crippen LogP contribution is -2.45. The first-order chi connectivity index (χ1) is 11.4. The Morgan fingerprint density at radius 2 is 1.96 bits per heavy atom. The molecule has 1 aliphatic carbocycles. The molecule has 3 atom stereocenters. The second kappa shape index (κ2) is 8.18. The van der Waals surface area contributed by atoms with Crippen LogP contribution in [-0.2, 0) is 4.79 Å². The molecule has 1 saturated carbocycles. The Balaban J connectivity index is 1.93. The predicted molar refractivity (Wildman–Crippen MR) is 92.6 cm³/mol. The summed E-state index contributed by atoms with van der Waals surface area (Å²) >= 11 is 0. The van der Waals surface area contributed by atoms with Crippen LogP contribution in [0.15, 0.2) is 18.2 Å². The second-order valence-electron chi connectivity index (χ2n) is 6.65. The number of carbonyl (C=O) groups excluding carboxylic acids is 2. The van der Waals surface area contributed by atoms with Crippen LogP contribution in [0.4, 0.5) is 0 Å². The van der Waals surface area contributed by atoms with Gasteiger partial charge >= 0.3 is 0 Å². The molecule has 0 bridgehead atoms. The van der Waals surface area contributed by atoms with Crippen LogP contribution >= 0.6 is 0 Å². The van der Waals surface area contributed by atoms with Crippen molar-refractivity contribution in [3.8, 4) is 11.5 Å². The number of Topliss-reactive ketones (excluding diaryl/α,β-unsaturated/α-hetero) is 1. The lowest BCUT2D eigenvalue weighted by molar-refractivity contribution is -0.124. The predicted octanol–water partition coefficient (Wildman–Crippen LogP) is 3.22. The summed E-state index contributed by atoms with van der Waals surface area (Å²) in [5, 5.41) is 3.08. The van der Waals surface area contributed by atoms with Crippen LogP contribution in [0.5, 0.6) is 11.5 Å². The number of amides is 1. The smallest absolute Gasteiger partial charge is 0.258 e. The number of methoxy groups -OCH3 is 1. The monoisotopic (exact) mass is 333 g/mol. The summed E-state index contributed by atoms with van der Waals surface area (Å²) in [7, 11) is 1.51. The van der Waals surface area contributed by atoms with Gasteiger partial charge in [-0.1, -0.05) is 26.7 Å². The molecule has 5 heteroatoms. The van der Waals surface area contributed by atoms with E-state index < -0.39 is 0 Å². The SMILES string of the molecule is COc1cc(C(C)=O)ccc1OCC(=O)NC1CCCC(C)C1C. The number of hydrogen-bond acceptors (Lipinski definition) is 4. The summed E-state index contributed by atoms with van der Waals surface area (Å²) in [4.78, 5) is 23.6. The van der Waals surface area contributed by atoms with E-state index in [1.165, 1.54) is 20.5 Å². The molecule has 0 radical (unpaired) electrons. The van der Waals surface area contributed by atoms with E-state index in [-0.39, 0.29) is 24.3 Å². The number of ether oxygens (including phenoxy) is 2. The Bertz CT molecular complexity index is 599. The van der Waals surface area contributed by atoms with Gasteiger partial charge in [0.1, 0.15) is 0 Å². The fourth-order valence-corrected chi connectivity index (χ4v) is 3.18. The molecule has 1 aliphatic rings. The van der Waals surface area contributed by atoms with Crippen molar-refractivity contribution in [2.24, 2.45) is 11.8 Å². The molecule has 1 aromatic carbocycles. The van der Waals surface area contributed by atoms with Gasteiger partial charge in [-0.3, -0.25) is 9.59 Å². The average Bonchev–Trinajstić information content (AvgIpc) is 2.56. The van der Waals surface area contributed by atoms with Gasteiger partial charge in [0.25, 0.3) is 5.91 Å². The molecule has 24 heavy (non-hydrogen) atoms. The van der Waals surface area contributed by atoms with Crippen LogP contribution < -0.4 is 14.8 Å². The van der Waals surface area contributed by atoms with Crippen molar-refractivity contribution in [1.29, 1.82) is 0 Å². The highest BCUT2D eigenvalue weighted by molar-refractivity contribution is 5.94. The van der Waals surface area contributed by atoms with Crippen molar-refractivity contribution in [3.63, 3.8) is 0 Å². The molecule has 2 rings (SSSR count). The van der Waals surface area contributed by atoms with Gasteiger partial charge in [0, 0.05) is 11.6 Å². The van der Waals surface area contributed by atoms with Crippen molar-refractivity contribution in [1.82, 2.24) is 5.32 Å². The average molecular weight is 333 g/mol. The first kappa shape index (κ1) is 18.3. The lowest BCUT2D eigenvalue weighted by Gasteiger charge is -2.34. The molecule has 0 spiro atoms. The van der Waals surface area contributed by atoms with Crippen LogP contribution in [-0.4, -0.2) is 31.4 Å². The third kappa shape index (κ3) is 4.49. The molecule has 5 nitrogen and oxygen atoms in total. The first-order valence-electron chi connectivity index (χ1n) is 8.53. The summed E-state index contributed by atoms with van der Waals surface area (Å²) in [5.41, 5.74) is 0.550. The number of carbonyl (C=O) groups is 2. The molecule has 0 aliphatic heterocycles. The zero-order chi connectivity index (χ0) is 17.7. The van der Waals surface area contributed by atoms with E-state index in [0.29, 0.717) is 28.9 Å². The number of nitrogens with one attached hydrogen (secondary N) is 1. The maximum Gasteiger partial charge on any atom is 0.258 e. The van der Waals surface area contributed by atoms with Crippen molar-refractivity contribution in [2.45, 2.75) is 46.1 Å². The van der Waals surface area contributed by atoms with Crippen LogP contribution in [0, 0.1) is 11.8 Å². The fraction of sp³-hybridized carbons (Fsp3) is 0.579. The highest BCUT2D eigenvalue weighted by atomic mass is 16.5. The number of ketones is 1. The van der Waals surface area contributed by atoms with Gasteiger partial charge in [-0.25, -0.2) is 0 Å². The zero-order valence-electron chi connectivity index (χ0n) is 14.9. The molecule has 1 aromatic rings. The second-order valence-corrected chi connectivity index (χ2v) is 6.65. The van der Waals surface area contributed by atoms with Gasteiger partial charge in [-0.05, 0) is 43.4 Å². The molecule has 0 heterocycles. The van der Waals surface area contributed by atoms with E-state index in [9.17, 15) is 9.59 Å². The minimum atomic E-state index is -0.126. The normalized spacial score (nSPS) is 23.4. The Kier molecular flexibility index (Phi) is 6.23. The zero-order valence-corrected chi connectivity index (χ0v) is 14.9. The van der Waals surface area contributed by atoms with Crippen LogP contribution in [0.1, 0.15) is 50.4 Å². The van der Waals surface area contributed by atoms with Crippen molar-refractivity contribution < 1.29 is 19.1 Å². The van der Waals surface area contributed by atoms with Gasteiger partial charge in [-0.2, -0.15) is 0 Å². The maximum atomic E-state index is 12.2. The summed E-state index contributed by atoms with van der Waals surface area (Å²) < 4.78 is 10.8. The fourth-order valence-electron chi connectivity index (χ4n) is 3.18. The lowest BCUT2D eigenvalue weighted by atomic mass is 9.78. The molecular weight excluding hydrogens is 306 g/mol. The highest BCUT2D eigenvalue weighted by Gasteiger charge is 2.28. The van der Waals surface area contributed by atoms with Gasteiger partial charge in [0.15, 0.2) is 23.9 Å². The third-order valence-electron chi connectivity index (χ3n) is 4.98. The van der Waals surface area contributed by atoms with Crippen LogP contribution in [0.2, 0.25) is 0 Å². The van der Waals surface area contributed by atoms with Crippen LogP contribution in [0.3, 0.4) is 0 Å². The summed E-state index contributed by atoms with van der Waals surface area (Å²) in [6.07, 6.45) is 3.40. The molecule has 0 aromatic heterocycles. The molecule has 132 valence electrons. The Labute approximate surface area is 143 Å². The van der Waals surface area contributed by atoms with E-state index in [4.69, 9.17) is 9.47 Å². The van der Waals surface area contributed by atoms with Gasteiger partial charge in [0.2, 0.25) is 0 Å². The summed E-state index contributed by atoms with van der Waals surface area (Å²) in [5.74, 6) is 1.85. The summed E-state index contributed by atoms with van der Waals surface area (Å²) in [6, 6.07) is 5.17. The molecule has 0 saturated heterocycles. The molecule has 3 unspecified atom stereocenters. The van der Waals surface area contributed by atoms with E-state index in [2.05, 4.69) is 19.2 Å². The van der Waals surface area contributed by atoms with Crippen molar-refractivity contribution in [2.75, 3.05) is 13.7 Å². The first-order valence-corrected chi connectivity index (χ1v) is 8.53. The Morgan fingerprint density at radius 1 is 1.21 bits per heavy atom. The topological polar surface area (TPSA) is 64.6 Å². The van der Waals surface area contributed by atoms with E-state index in [1.54, 1.807) is 18.2 Å². The highest BCUT2D eigenvalue weighted by Crippen LogP contribution is 2.30. The minimum absolute atomic E-state index is 0.0435. The quantitative estimate of drug-likeness (QED) is 0.812. The van der Waals surface area contributed by atoms with E-state index in [0.717, 1.165) is 12.8 Å². The van der Waals surface area contributed by atoms with E-state index in [1.807, 2.05) is 0 Å². The third-order valence-corrected chi connectivity index (χ3v) is 4.98. The number of hydrogen-bond donors (Lipinski definition) is 1. The maximum absolute atomic E-state index is 12.2. The molecular formula is C19H27NO4. The van der Waals surface area contributed by atoms with Gasteiger partial charge in [0.05, 0.1) is 7.11 Å². The Morgan fingerprint density at radius 3 is 2.62 bits per heavy atom.